The number of aliphatic hydroxyl groups excluding tert-OH is 2. The topological polar surface area (TPSA) is 95.9 Å². The molecule has 0 heterocycles. The lowest BCUT2D eigenvalue weighted by atomic mass is 10.0. The summed E-state index contributed by atoms with van der Waals surface area (Å²) in [6.07, 6.45) is 54.9. The van der Waals surface area contributed by atoms with Crippen LogP contribution >= 0.6 is 0 Å². The molecule has 0 spiro atoms. The van der Waals surface area contributed by atoms with Crippen LogP contribution in [0.15, 0.2) is 36.5 Å². The highest BCUT2D eigenvalue weighted by atomic mass is 16.5. The number of carbonyl (C=O) groups excluding carboxylic acids is 2. The van der Waals surface area contributed by atoms with Gasteiger partial charge in [0.05, 0.1) is 25.2 Å². The average Bonchev–Trinajstić information content (AvgIpc) is 3.23. The first-order valence-electron chi connectivity index (χ1n) is 25.7. The van der Waals surface area contributed by atoms with Gasteiger partial charge in [-0.15, -0.1) is 0 Å². The molecule has 6 heteroatoms. The molecule has 0 aliphatic rings. The van der Waals surface area contributed by atoms with E-state index in [4.69, 9.17) is 4.74 Å². The Hall–Kier alpha value is -1.92. The van der Waals surface area contributed by atoms with E-state index in [0.717, 1.165) is 83.5 Å². The third kappa shape index (κ3) is 42.6. The van der Waals surface area contributed by atoms with Crippen LogP contribution in [0.2, 0.25) is 0 Å². The van der Waals surface area contributed by atoms with Crippen LogP contribution in [0.5, 0.6) is 0 Å². The van der Waals surface area contributed by atoms with Gasteiger partial charge in [0.25, 0.3) is 0 Å². The van der Waals surface area contributed by atoms with Crippen molar-refractivity contribution < 1.29 is 24.5 Å². The number of ether oxygens (including phenoxy) is 1. The third-order valence-corrected chi connectivity index (χ3v) is 11.7. The monoisotopic (exact) mass is 830 g/mol. The van der Waals surface area contributed by atoms with Gasteiger partial charge in [0.2, 0.25) is 5.91 Å². The SMILES string of the molecule is CC/C=C/C/C=C/CCCCCCCCCC(=O)OC(CCCCC/C=C/CCCCCCCCCCC)CC(=O)NC(CO)C(O)CCCCCCCCCCCC. The molecular formula is C53H99NO5. The van der Waals surface area contributed by atoms with Crippen molar-refractivity contribution in [2.45, 2.75) is 283 Å². The van der Waals surface area contributed by atoms with Crippen molar-refractivity contribution in [2.75, 3.05) is 6.61 Å². The maximum atomic E-state index is 13.2. The summed E-state index contributed by atoms with van der Waals surface area (Å²) in [5.74, 6) is -0.491. The molecule has 6 nitrogen and oxygen atoms in total. The van der Waals surface area contributed by atoms with Crippen LogP contribution in [0.1, 0.15) is 265 Å². The molecule has 3 atom stereocenters. The Morgan fingerprint density at radius 2 is 0.915 bits per heavy atom. The average molecular weight is 830 g/mol. The zero-order chi connectivity index (χ0) is 43.1. The third-order valence-electron chi connectivity index (χ3n) is 11.7. The van der Waals surface area contributed by atoms with Gasteiger partial charge in [0.15, 0.2) is 0 Å². The molecule has 1 amide bonds. The zero-order valence-electron chi connectivity index (χ0n) is 39.4. The molecule has 346 valence electrons. The van der Waals surface area contributed by atoms with Crippen LogP contribution in [0.25, 0.3) is 0 Å². The van der Waals surface area contributed by atoms with Gasteiger partial charge in [0.1, 0.15) is 6.10 Å². The van der Waals surface area contributed by atoms with Crippen LogP contribution in [0.4, 0.5) is 0 Å². The predicted molar refractivity (Wildman–Crippen MR) is 255 cm³/mol. The first-order chi connectivity index (χ1) is 29.0. The van der Waals surface area contributed by atoms with E-state index < -0.39 is 18.2 Å². The predicted octanol–water partition coefficient (Wildman–Crippen LogP) is 15.3. The molecule has 0 aliphatic heterocycles. The Labute approximate surface area is 366 Å². The molecule has 0 aromatic heterocycles. The molecule has 0 saturated carbocycles. The quantitative estimate of drug-likeness (QED) is 0.0323. The molecule has 0 rings (SSSR count). The summed E-state index contributed by atoms with van der Waals surface area (Å²) < 4.78 is 5.92. The van der Waals surface area contributed by atoms with Crippen molar-refractivity contribution in [3.05, 3.63) is 36.5 Å². The van der Waals surface area contributed by atoms with Gasteiger partial charge in [-0.2, -0.15) is 0 Å². The van der Waals surface area contributed by atoms with E-state index in [-0.39, 0.29) is 24.9 Å². The molecule has 0 fully saturated rings. The summed E-state index contributed by atoms with van der Waals surface area (Å²) in [5, 5.41) is 23.7. The van der Waals surface area contributed by atoms with Crippen molar-refractivity contribution >= 4 is 11.9 Å². The number of aliphatic hydroxyl groups is 2. The minimum Gasteiger partial charge on any atom is -0.462 e. The Kier molecular flexibility index (Phi) is 45.6. The Bertz CT molecular complexity index is 977. The highest BCUT2D eigenvalue weighted by Crippen LogP contribution is 2.18. The number of hydrogen-bond acceptors (Lipinski definition) is 5. The standard InChI is InChI=1S/C53H99NO5/c1-4-7-10-13-16-19-22-24-26-27-28-30-32-35-38-41-44-49(59-53(58)46-43-40-37-34-31-29-25-23-20-17-14-11-8-5-2)47-52(57)54-50(48-55)51(56)45-42-39-36-33-21-18-15-12-9-6-3/h8,11,17,20,28,30,49-51,55-56H,4-7,9-10,12-16,18-19,21-27,29,31-48H2,1-3H3,(H,54,57)/b11-8+,20-17+,30-28+. The number of unbranched alkanes of at least 4 members (excludes halogenated alkanes) is 28. The van der Waals surface area contributed by atoms with E-state index in [1.807, 2.05) is 0 Å². The summed E-state index contributed by atoms with van der Waals surface area (Å²) in [6.45, 7) is 6.37. The number of carbonyl (C=O) groups is 2. The highest BCUT2D eigenvalue weighted by Gasteiger charge is 2.24. The van der Waals surface area contributed by atoms with E-state index in [9.17, 15) is 19.8 Å². The van der Waals surface area contributed by atoms with Crippen LogP contribution in [-0.4, -0.2) is 46.9 Å². The molecule has 3 N–H and O–H groups in total. The molecule has 0 aromatic rings. The Balaban J connectivity index is 4.60. The minimum absolute atomic E-state index is 0.0660. The fourth-order valence-corrected chi connectivity index (χ4v) is 7.82. The molecular weight excluding hydrogens is 731 g/mol. The largest absolute Gasteiger partial charge is 0.462 e. The lowest BCUT2D eigenvalue weighted by Gasteiger charge is -2.24. The number of nitrogens with one attached hydrogen (secondary N) is 1. The number of amides is 1. The van der Waals surface area contributed by atoms with Crippen LogP contribution in [-0.2, 0) is 14.3 Å². The molecule has 3 unspecified atom stereocenters. The van der Waals surface area contributed by atoms with Crippen LogP contribution < -0.4 is 5.32 Å². The molecule has 0 aromatic carbocycles. The summed E-state index contributed by atoms with van der Waals surface area (Å²) in [6, 6.07) is -0.704. The van der Waals surface area contributed by atoms with Gasteiger partial charge >= 0.3 is 5.97 Å². The van der Waals surface area contributed by atoms with Crippen LogP contribution in [0.3, 0.4) is 0 Å². The number of rotatable bonds is 46. The van der Waals surface area contributed by atoms with Crippen molar-refractivity contribution in [3.8, 4) is 0 Å². The van der Waals surface area contributed by atoms with Crippen molar-refractivity contribution in [3.63, 3.8) is 0 Å². The molecule has 0 radical (unpaired) electrons. The van der Waals surface area contributed by atoms with Crippen LogP contribution in [0, 0.1) is 0 Å². The normalized spacial score (nSPS) is 13.5. The summed E-state index contributed by atoms with van der Waals surface area (Å²) in [7, 11) is 0. The van der Waals surface area contributed by atoms with Crippen molar-refractivity contribution in [2.24, 2.45) is 0 Å². The molecule has 0 bridgehead atoms. The maximum Gasteiger partial charge on any atom is 0.306 e. The number of allylic oxidation sites excluding steroid dienone is 6. The minimum atomic E-state index is -0.790. The smallest absolute Gasteiger partial charge is 0.306 e. The summed E-state index contributed by atoms with van der Waals surface area (Å²) in [4.78, 5) is 26.1. The molecule has 59 heavy (non-hydrogen) atoms. The number of hydrogen-bond donors (Lipinski definition) is 3. The van der Waals surface area contributed by atoms with E-state index in [1.165, 1.54) is 135 Å². The van der Waals surface area contributed by atoms with Crippen molar-refractivity contribution in [1.29, 1.82) is 0 Å². The lowest BCUT2D eigenvalue weighted by molar-refractivity contribution is -0.151. The van der Waals surface area contributed by atoms with Gasteiger partial charge in [-0.1, -0.05) is 211 Å². The second-order valence-corrected chi connectivity index (χ2v) is 17.5. The second kappa shape index (κ2) is 47.1. The molecule has 0 saturated heterocycles. The van der Waals surface area contributed by atoms with E-state index >= 15 is 0 Å². The Morgan fingerprint density at radius 1 is 0.508 bits per heavy atom. The molecule has 0 aliphatic carbocycles. The van der Waals surface area contributed by atoms with Gasteiger partial charge in [-0.3, -0.25) is 9.59 Å². The van der Waals surface area contributed by atoms with Gasteiger partial charge < -0.3 is 20.3 Å². The fraction of sp³-hybridized carbons (Fsp3) is 0.849. The van der Waals surface area contributed by atoms with E-state index in [2.05, 4.69) is 62.5 Å². The van der Waals surface area contributed by atoms with E-state index in [0.29, 0.717) is 19.3 Å². The highest BCUT2D eigenvalue weighted by molar-refractivity contribution is 5.77. The van der Waals surface area contributed by atoms with Crippen molar-refractivity contribution in [1.82, 2.24) is 5.32 Å². The lowest BCUT2D eigenvalue weighted by Crippen LogP contribution is -2.46. The first kappa shape index (κ1) is 57.1. The van der Waals surface area contributed by atoms with Gasteiger partial charge in [-0.25, -0.2) is 0 Å². The van der Waals surface area contributed by atoms with E-state index in [1.54, 1.807) is 0 Å². The number of esters is 1. The van der Waals surface area contributed by atoms with Gasteiger partial charge in [0, 0.05) is 6.42 Å². The van der Waals surface area contributed by atoms with Gasteiger partial charge in [-0.05, 0) is 77.0 Å². The zero-order valence-corrected chi connectivity index (χ0v) is 39.4. The first-order valence-corrected chi connectivity index (χ1v) is 25.7. The second-order valence-electron chi connectivity index (χ2n) is 17.5. The summed E-state index contributed by atoms with van der Waals surface area (Å²) >= 11 is 0. The summed E-state index contributed by atoms with van der Waals surface area (Å²) in [5.41, 5.74) is 0. The Morgan fingerprint density at radius 3 is 1.41 bits per heavy atom. The fourth-order valence-electron chi connectivity index (χ4n) is 7.82. The maximum absolute atomic E-state index is 13.2.